The minimum Gasteiger partial charge on any atom is -0.362 e. The average Bonchev–Trinajstić information content (AvgIpc) is 2.77. The second kappa shape index (κ2) is 10.1. The number of nitrogens with one attached hydrogen (secondary N) is 2. The molecule has 2 aliphatic rings. The van der Waals surface area contributed by atoms with Gasteiger partial charge in [0.2, 0.25) is 5.95 Å². The Morgan fingerprint density at radius 1 is 1.10 bits per heavy atom. The molecule has 31 heavy (non-hydrogen) atoms. The molecule has 2 atom stereocenters. The number of hydrogen-bond acceptors (Lipinski definition) is 5. The van der Waals surface area contributed by atoms with E-state index in [-0.39, 0.29) is 6.04 Å². The Labute approximate surface area is 199 Å². The molecule has 0 radical (unpaired) electrons. The lowest BCUT2D eigenvalue weighted by atomic mass is 9.80. The van der Waals surface area contributed by atoms with Crippen molar-refractivity contribution in [3.63, 3.8) is 0 Å². The van der Waals surface area contributed by atoms with Gasteiger partial charge in [0.25, 0.3) is 0 Å². The highest BCUT2D eigenvalue weighted by Crippen LogP contribution is 2.34. The number of piperidine rings is 2. The van der Waals surface area contributed by atoms with Crippen molar-refractivity contribution in [3.05, 3.63) is 44.5 Å². The van der Waals surface area contributed by atoms with Crippen LogP contribution in [0, 0.1) is 18.8 Å². The van der Waals surface area contributed by atoms with Gasteiger partial charge in [0.05, 0.1) is 11.7 Å². The Balaban J connectivity index is 1.46. The van der Waals surface area contributed by atoms with E-state index < -0.39 is 0 Å². The zero-order valence-corrected chi connectivity index (χ0v) is 20.4. The fourth-order valence-electron chi connectivity index (χ4n) is 4.77. The maximum atomic E-state index is 6.56. The summed E-state index contributed by atoms with van der Waals surface area (Å²) < 4.78 is 0. The molecule has 4 rings (SSSR count). The third kappa shape index (κ3) is 5.39. The molecule has 2 saturated heterocycles. The Morgan fingerprint density at radius 3 is 2.55 bits per heavy atom. The number of hydrogen-bond donors (Lipinski definition) is 2. The van der Waals surface area contributed by atoms with Gasteiger partial charge in [-0.25, -0.2) is 4.98 Å². The molecule has 1 aromatic heterocycles. The summed E-state index contributed by atoms with van der Waals surface area (Å²) in [6, 6.07) is 5.44. The molecule has 0 amide bonds. The van der Waals surface area contributed by atoms with Crippen LogP contribution >= 0.6 is 34.8 Å². The number of nitrogens with zero attached hydrogens (tertiary/aromatic N) is 3. The fraction of sp³-hybridized carbons (Fsp3) is 0.565. The normalized spacial score (nSPS) is 21.2. The minimum atomic E-state index is -0.0750. The number of halogens is 3. The standard InChI is InChI=1S/C23H30Cl3N5/c1-14(19-6-5-18(24)12-20(19)25)28-22-21(26)15(2)29-23(30-22)31-10-7-16(8-11-31)17-4-3-9-27-13-17/h5-6,12,14,16-17,27H,3-4,7-11,13H2,1-2H3,(H,28,29,30)/t14-,17+/m1/s1. The Morgan fingerprint density at radius 2 is 1.87 bits per heavy atom. The summed E-state index contributed by atoms with van der Waals surface area (Å²) in [6.07, 6.45) is 5.04. The van der Waals surface area contributed by atoms with Crippen LogP contribution in [0.1, 0.15) is 49.9 Å². The molecule has 0 bridgehead atoms. The number of anilines is 2. The molecule has 0 spiro atoms. The second-order valence-corrected chi connectivity index (χ2v) is 9.96. The van der Waals surface area contributed by atoms with Gasteiger partial charge in [-0.2, -0.15) is 4.98 Å². The van der Waals surface area contributed by atoms with Crippen molar-refractivity contribution in [2.24, 2.45) is 11.8 Å². The molecular weight excluding hydrogens is 453 g/mol. The third-order valence-electron chi connectivity index (χ3n) is 6.61. The van der Waals surface area contributed by atoms with E-state index >= 15 is 0 Å². The summed E-state index contributed by atoms with van der Waals surface area (Å²) in [5, 5.41) is 8.76. The van der Waals surface area contributed by atoms with E-state index in [1.54, 1.807) is 6.07 Å². The van der Waals surface area contributed by atoms with E-state index in [0.29, 0.717) is 20.9 Å². The lowest BCUT2D eigenvalue weighted by molar-refractivity contribution is 0.226. The topological polar surface area (TPSA) is 53.1 Å². The first-order valence-corrected chi connectivity index (χ1v) is 12.3. The van der Waals surface area contributed by atoms with E-state index in [1.165, 1.54) is 38.8 Å². The number of aryl methyl sites for hydroxylation is 1. The summed E-state index contributed by atoms with van der Waals surface area (Å²) in [4.78, 5) is 11.8. The highest BCUT2D eigenvalue weighted by molar-refractivity contribution is 6.35. The van der Waals surface area contributed by atoms with Gasteiger partial charge in [-0.3, -0.25) is 0 Å². The van der Waals surface area contributed by atoms with Crippen LogP contribution in [0.3, 0.4) is 0 Å². The highest BCUT2D eigenvalue weighted by atomic mass is 35.5. The molecule has 0 saturated carbocycles. The first kappa shape index (κ1) is 22.9. The second-order valence-electron chi connectivity index (χ2n) is 8.73. The van der Waals surface area contributed by atoms with Crippen molar-refractivity contribution in [2.75, 3.05) is 36.4 Å². The van der Waals surface area contributed by atoms with Gasteiger partial charge in [0.1, 0.15) is 5.02 Å². The lowest BCUT2D eigenvalue weighted by Crippen LogP contribution is -2.41. The van der Waals surface area contributed by atoms with Crippen LogP contribution in [0.2, 0.25) is 15.1 Å². The van der Waals surface area contributed by atoms with E-state index in [1.807, 2.05) is 26.0 Å². The number of benzene rings is 1. The van der Waals surface area contributed by atoms with Crippen LogP contribution in [0.5, 0.6) is 0 Å². The van der Waals surface area contributed by atoms with Crippen LogP contribution < -0.4 is 15.5 Å². The van der Waals surface area contributed by atoms with Gasteiger partial charge in [0, 0.05) is 23.1 Å². The Kier molecular flexibility index (Phi) is 7.48. The Hall–Kier alpha value is -1.27. The van der Waals surface area contributed by atoms with Crippen LogP contribution in [0.4, 0.5) is 11.8 Å². The van der Waals surface area contributed by atoms with Crippen molar-refractivity contribution < 1.29 is 0 Å². The van der Waals surface area contributed by atoms with Gasteiger partial charge in [-0.05, 0) is 82.2 Å². The van der Waals surface area contributed by atoms with E-state index in [4.69, 9.17) is 44.8 Å². The fourth-order valence-corrected chi connectivity index (χ4v) is 5.48. The van der Waals surface area contributed by atoms with Crippen molar-refractivity contribution >= 4 is 46.6 Å². The predicted octanol–water partition coefficient (Wildman–Crippen LogP) is 6.13. The molecule has 8 heteroatoms. The van der Waals surface area contributed by atoms with Crippen LogP contribution in [0.25, 0.3) is 0 Å². The van der Waals surface area contributed by atoms with Gasteiger partial charge in [-0.1, -0.05) is 40.9 Å². The molecule has 1 aromatic carbocycles. The van der Waals surface area contributed by atoms with Crippen LogP contribution in [-0.2, 0) is 0 Å². The van der Waals surface area contributed by atoms with Gasteiger partial charge in [-0.15, -0.1) is 0 Å². The summed E-state index contributed by atoms with van der Waals surface area (Å²) >= 11 is 19.0. The molecule has 3 heterocycles. The largest absolute Gasteiger partial charge is 0.362 e. The lowest BCUT2D eigenvalue weighted by Gasteiger charge is -2.38. The molecule has 0 unspecified atom stereocenters. The first-order chi connectivity index (χ1) is 14.9. The quantitative estimate of drug-likeness (QED) is 0.536. The summed E-state index contributed by atoms with van der Waals surface area (Å²) in [6.45, 7) is 8.27. The zero-order valence-electron chi connectivity index (χ0n) is 18.1. The van der Waals surface area contributed by atoms with Crippen LogP contribution in [-0.4, -0.2) is 36.1 Å². The predicted molar refractivity (Wildman–Crippen MR) is 131 cm³/mol. The third-order valence-corrected chi connectivity index (χ3v) is 7.63. The molecule has 0 aliphatic carbocycles. The molecule has 2 aliphatic heterocycles. The molecular formula is C23H30Cl3N5. The smallest absolute Gasteiger partial charge is 0.227 e. The maximum absolute atomic E-state index is 6.56. The van der Waals surface area contributed by atoms with Crippen molar-refractivity contribution in [3.8, 4) is 0 Å². The van der Waals surface area contributed by atoms with Gasteiger partial charge in [0.15, 0.2) is 5.82 Å². The van der Waals surface area contributed by atoms with Crippen LogP contribution in [0.15, 0.2) is 18.2 Å². The average molecular weight is 483 g/mol. The maximum Gasteiger partial charge on any atom is 0.227 e. The van der Waals surface area contributed by atoms with E-state index in [2.05, 4.69) is 15.5 Å². The summed E-state index contributed by atoms with van der Waals surface area (Å²) in [5.41, 5.74) is 1.73. The summed E-state index contributed by atoms with van der Waals surface area (Å²) in [5.74, 6) is 2.99. The highest BCUT2D eigenvalue weighted by Gasteiger charge is 2.29. The summed E-state index contributed by atoms with van der Waals surface area (Å²) in [7, 11) is 0. The number of aromatic nitrogens is 2. The number of rotatable bonds is 5. The molecule has 168 valence electrons. The molecule has 2 N–H and O–H groups in total. The van der Waals surface area contributed by atoms with Crippen molar-refractivity contribution in [1.82, 2.24) is 15.3 Å². The first-order valence-electron chi connectivity index (χ1n) is 11.1. The van der Waals surface area contributed by atoms with Gasteiger partial charge < -0.3 is 15.5 Å². The molecule has 2 fully saturated rings. The van der Waals surface area contributed by atoms with E-state index in [0.717, 1.165) is 42.1 Å². The van der Waals surface area contributed by atoms with Crippen molar-refractivity contribution in [2.45, 2.75) is 45.6 Å². The van der Waals surface area contributed by atoms with Gasteiger partial charge >= 0.3 is 0 Å². The minimum absolute atomic E-state index is 0.0750. The SMILES string of the molecule is Cc1nc(N2CCC([C@H]3CCCNC3)CC2)nc(N[C@H](C)c2ccc(Cl)cc2Cl)c1Cl. The van der Waals surface area contributed by atoms with Crippen molar-refractivity contribution in [1.29, 1.82) is 0 Å². The zero-order chi connectivity index (χ0) is 22.0. The Bertz CT molecular complexity index is 908. The molecule has 5 nitrogen and oxygen atoms in total. The van der Waals surface area contributed by atoms with E-state index in [9.17, 15) is 0 Å². The monoisotopic (exact) mass is 481 g/mol. The molecule has 2 aromatic rings.